The lowest BCUT2D eigenvalue weighted by Crippen LogP contribution is -2.49. The van der Waals surface area contributed by atoms with Gasteiger partial charge in [-0.15, -0.1) is 0 Å². The molecule has 1 N–H and O–H groups in total. The zero-order valence-electron chi connectivity index (χ0n) is 17.6. The van der Waals surface area contributed by atoms with Gasteiger partial charge >= 0.3 is 17.4 Å². The number of anilines is 2. The van der Waals surface area contributed by atoms with Gasteiger partial charge in [-0.05, 0) is 53.7 Å². The van der Waals surface area contributed by atoms with E-state index in [0.29, 0.717) is 10.7 Å². The second-order valence-electron chi connectivity index (χ2n) is 7.94. The van der Waals surface area contributed by atoms with Crippen molar-refractivity contribution in [1.29, 1.82) is 0 Å². The number of para-hydroxylation sites is 1. The molecule has 2 aromatic rings. The highest BCUT2D eigenvalue weighted by molar-refractivity contribution is 8.00. The molecule has 0 saturated heterocycles. The molecule has 2 aromatic carbocycles. The highest BCUT2D eigenvalue weighted by atomic mass is 32.2. The Labute approximate surface area is 195 Å². The Balaban J connectivity index is 1.73. The molecule has 0 fully saturated rings. The Morgan fingerprint density at radius 3 is 2.09 bits per heavy atom. The molecule has 1 aliphatic rings. The summed E-state index contributed by atoms with van der Waals surface area (Å²) in [6, 6.07) is 12.5. The van der Waals surface area contributed by atoms with Crippen LogP contribution < -0.4 is 10.2 Å². The zero-order chi connectivity index (χ0) is 24.8. The summed E-state index contributed by atoms with van der Waals surface area (Å²) in [5, 5.41) is -2.47. The van der Waals surface area contributed by atoms with Crippen LogP contribution >= 0.6 is 24.0 Å². The maximum Gasteiger partial charge on any atom is 0.460 e. The van der Waals surface area contributed by atoms with E-state index in [9.17, 15) is 30.7 Å². The number of hydrogen-bond acceptors (Lipinski definition) is 3. The number of halogens is 7. The summed E-state index contributed by atoms with van der Waals surface area (Å²) in [6.45, 7) is 4.10. The number of nitrogens with one attached hydrogen (secondary N) is 1. The van der Waals surface area contributed by atoms with Crippen LogP contribution in [0.3, 0.4) is 0 Å². The summed E-state index contributed by atoms with van der Waals surface area (Å²) in [7, 11) is 1.91. The standard InChI is InChI=1S/C22H19F7N2S2/c1-19(2)15-6-4-5-7-16(15)31(3)17(19)12-18(32)30-13-8-10-14(11-9-13)33-22(28,29)20(23,24)21(25,26)27/h4-12H,1-3H3,(H,30,32)/b17-12+. The maximum atomic E-state index is 13.6. The van der Waals surface area contributed by atoms with E-state index in [-0.39, 0.29) is 5.41 Å². The molecule has 0 saturated carbocycles. The average molecular weight is 509 g/mol. The normalized spacial score (nSPS) is 17.3. The fourth-order valence-electron chi connectivity index (χ4n) is 3.54. The first-order chi connectivity index (χ1) is 15.1. The summed E-state index contributed by atoms with van der Waals surface area (Å²) in [5.41, 5.74) is 3.12. The first-order valence-corrected chi connectivity index (χ1v) is 10.8. The monoisotopic (exact) mass is 508 g/mol. The third kappa shape index (κ3) is 4.70. The van der Waals surface area contributed by atoms with Crippen LogP contribution in [0.4, 0.5) is 42.1 Å². The van der Waals surface area contributed by atoms with Crippen molar-refractivity contribution in [1.82, 2.24) is 0 Å². The van der Waals surface area contributed by atoms with Gasteiger partial charge in [-0.25, -0.2) is 0 Å². The molecule has 1 heterocycles. The van der Waals surface area contributed by atoms with Crippen molar-refractivity contribution in [2.75, 3.05) is 17.3 Å². The molecule has 178 valence electrons. The molecule has 0 amide bonds. The summed E-state index contributed by atoms with van der Waals surface area (Å²) in [5.74, 6) is -6.17. The van der Waals surface area contributed by atoms with Crippen LogP contribution in [-0.4, -0.2) is 29.4 Å². The summed E-state index contributed by atoms with van der Waals surface area (Å²) < 4.78 is 90.3. The smallest absolute Gasteiger partial charge is 0.347 e. The van der Waals surface area contributed by atoms with Gasteiger partial charge in [-0.3, -0.25) is 0 Å². The van der Waals surface area contributed by atoms with Crippen LogP contribution in [0.5, 0.6) is 0 Å². The van der Waals surface area contributed by atoms with Gasteiger partial charge in [0.2, 0.25) is 0 Å². The lowest BCUT2D eigenvalue weighted by atomic mass is 9.84. The van der Waals surface area contributed by atoms with Crippen molar-refractivity contribution < 1.29 is 30.7 Å². The van der Waals surface area contributed by atoms with Crippen LogP contribution in [0.15, 0.2) is 65.2 Å². The van der Waals surface area contributed by atoms with Gasteiger partial charge in [0.1, 0.15) is 4.99 Å². The van der Waals surface area contributed by atoms with E-state index in [2.05, 4.69) is 5.32 Å². The second kappa shape index (κ2) is 8.50. The molecule has 1 aliphatic heterocycles. The third-order valence-electron chi connectivity index (χ3n) is 5.30. The van der Waals surface area contributed by atoms with Gasteiger partial charge in [0.25, 0.3) is 0 Å². The van der Waals surface area contributed by atoms with Crippen molar-refractivity contribution in [3.8, 4) is 0 Å². The number of hydrogen-bond donors (Lipinski definition) is 1. The Morgan fingerprint density at radius 2 is 1.55 bits per heavy atom. The Hall–Kier alpha value is -2.27. The number of likely N-dealkylation sites (N-methyl/N-ethyl adjacent to an activating group) is 1. The van der Waals surface area contributed by atoms with E-state index in [1.165, 1.54) is 12.1 Å². The van der Waals surface area contributed by atoms with Crippen LogP contribution in [-0.2, 0) is 5.41 Å². The predicted molar refractivity (Wildman–Crippen MR) is 120 cm³/mol. The quantitative estimate of drug-likeness (QED) is 0.193. The van der Waals surface area contributed by atoms with Crippen LogP contribution in [0.25, 0.3) is 0 Å². The van der Waals surface area contributed by atoms with Crippen LogP contribution in [0, 0.1) is 0 Å². The van der Waals surface area contributed by atoms with E-state index in [1.807, 2.05) is 50.1 Å². The molecule has 0 atom stereocenters. The van der Waals surface area contributed by atoms with E-state index in [4.69, 9.17) is 12.2 Å². The summed E-state index contributed by atoms with van der Waals surface area (Å²) in [4.78, 5) is 1.87. The van der Waals surface area contributed by atoms with Crippen LogP contribution in [0.1, 0.15) is 19.4 Å². The number of nitrogens with zero attached hydrogens (tertiary/aromatic N) is 1. The third-order valence-corrected chi connectivity index (χ3v) is 6.54. The minimum absolute atomic E-state index is 0.312. The van der Waals surface area contributed by atoms with E-state index in [0.717, 1.165) is 29.1 Å². The van der Waals surface area contributed by atoms with Gasteiger partial charge in [0.05, 0.1) is 0 Å². The predicted octanol–water partition coefficient (Wildman–Crippen LogP) is 7.62. The molecule has 0 bridgehead atoms. The molecule has 3 rings (SSSR count). The SMILES string of the molecule is CN1/C(=C/C(=S)Nc2ccc(SC(F)(F)C(F)(F)C(F)(F)F)cc2)C(C)(C)c2ccccc21. The minimum Gasteiger partial charge on any atom is -0.347 e. The lowest BCUT2D eigenvalue weighted by molar-refractivity contribution is -0.330. The molecular weight excluding hydrogens is 489 g/mol. The second-order valence-corrected chi connectivity index (χ2v) is 9.56. The first kappa shape index (κ1) is 25.4. The number of thiocarbonyl (C=S) groups is 1. The molecule has 0 aromatic heterocycles. The topological polar surface area (TPSA) is 15.3 Å². The van der Waals surface area contributed by atoms with Gasteiger partial charge in [0, 0.05) is 34.4 Å². The molecule has 2 nitrogen and oxygen atoms in total. The Morgan fingerprint density at radius 1 is 0.970 bits per heavy atom. The average Bonchev–Trinajstić information content (AvgIpc) is 2.89. The first-order valence-electron chi connectivity index (χ1n) is 9.56. The minimum atomic E-state index is -6.37. The van der Waals surface area contributed by atoms with Gasteiger partial charge in [0.15, 0.2) is 0 Å². The van der Waals surface area contributed by atoms with Crippen molar-refractivity contribution in [3.63, 3.8) is 0 Å². The Kier molecular flexibility index (Phi) is 6.53. The van der Waals surface area contributed by atoms with Crippen molar-refractivity contribution in [2.24, 2.45) is 0 Å². The fraction of sp³-hybridized carbons (Fsp3) is 0.318. The number of rotatable bonds is 5. The molecule has 0 unspecified atom stereocenters. The summed E-state index contributed by atoms with van der Waals surface area (Å²) in [6.07, 6.45) is -4.61. The highest BCUT2D eigenvalue weighted by Gasteiger charge is 2.73. The van der Waals surface area contributed by atoms with Crippen molar-refractivity contribution in [2.45, 2.75) is 41.5 Å². The molecule has 33 heavy (non-hydrogen) atoms. The molecule has 11 heteroatoms. The van der Waals surface area contributed by atoms with E-state index < -0.39 is 34.0 Å². The van der Waals surface area contributed by atoms with E-state index >= 15 is 0 Å². The molecule has 0 radical (unpaired) electrons. The van der Waals surface area contributed by atoms with Crippen molar-refractivity contribution in [3.05, 3.63) is 65.9 Å². The number of fused-ring (bicyclic) bond motifs is 1. The van der Waals surface area contributed by atoms with Crippen molar-refractivity contribution >= 4 is 40.3 Å². The number of alkyl halides is 7. The number of thioether (sulfide) groups is 1. The maximum absolute atomic E-state index is 13.6. The molecular formula is C22H19F7N2S2. The van der Waals surface area contributed by atoms with Gasteiger partial charge in [-0.2, -0.15) is 30.7 Å². The molecule has 0 aliphatic carbocycles. The highest BCUT2D eigenvalue weighted by Crippen LogP contribution is 2.54. The van der Waals surface area contributed by atoms with E-state index in [1.54, 1.807) is 6.08 Å². The zero-order valence-corrected chi connectivity index (χ0v) is 19.2. The number of allylic oxidation sites excluding steroid dienone is 1. The van der Waals surface area contributed by atoms with Gasteiger partial charge in [-0.1, -0.05) is 44.3 Å². The largest absolute Gasteiger partial charge is 0.460 e. The number of benzene rings is 2. The van der Waals surface area contributed by atoms with Crippen LogP contribution in [0.2, 0.25) is 0 Å². The summed E-state index contributed by atoms with van der Waals surface area (Å²) >= 11 is 4.53. The Bertz CT molecular complexity index is 1080. The lowest BCUT2D eigenvalue weighted by Gasteiger charge is -2.27. The fourth-order valence-corrected chi connectivity index (χ4v) is 4.59. The van der Waals surface area contributed by atoms with Gasteiger partial charge < -0.3 is 10.2 Å². The molecule has 0 spiro atoms.